The second kappa shape index (κ2) is 10.7. The molecule has 44 heavy (non-hydrogen) atoms. The largest absolute Gasteiger partial charge is 0.478 e. The first-order valence-electron chi connectivity index (χ1n) is 14.8. The number of carboxylic acids is 1. The van der Waals surface area contributed by atoms with Gasteiger partial charge in [0, 0.05) is 62.7 Å². The second-order valence-corrected chi connectivity index (χ2v) is 11.8. The van der Waals surface area contributed by atoms with E-state index in [0.29, 0.717) is 27.9 Å². The minimum absolute atomic E-state index is 0.115. The molecule has 4 N–H and O–H groups in total. The van der Waals surface area contributed by atoms with Gasteiger partial charge in [0.2, 0.25) is 0 Å². The summed E-state index contributed by atoms with van der Waals surface area (Å²) in [7, 11) is 1.26. The van der Waals surface area contributed by atoms with Gasteiger partial charge in [-0.2, -0.15) is 0 Å². The predicted octanol–water partition coefficient (Wildman–Crippen LogP) is 3.96. The van der Waals surface area contributed by atoms with Crippen LogP contribution in [0.5, 0.6) is 0 Å². The van der Waals surface area contributed by atoms with E-state index in [4.69, 9.17) is 9.73 Å². The number of hydrogen-bond donors (Lipinski definition) is 4. The molecule has 2 unspecified atom stereocenters. The summed E-state index contributed by atoms with van der Waals surface area (Å²) in [5.74, 6) is -4.10. The van der Waals surface area contributed by atoms with Crippen molar-refractivity contribution in [1.29, 1.82) is 0 Å². The number of carboxylic acid groups (broad SMARTS) is 1. The lowest BCUT2D eigenvalue weighted by molar-refractivity contribution is -0.141. The highest BCUT2D eigenvalue weighted by Gasteiger charge is 2.46. The van der Waals surface area contributed by atoms with E-state index in [2.05, 4.69) is 47.9 Å². The number of rotatable bonds is 5. The van der Waals surface area contributed by atoms with Crippen LogP contribution in [-0.4, -0.2) is 51.7 Å². The summed E-state index contributed by atoms with van der Waals surface area (Å²) < 4.78 is 5.12. The number of nitrogens with zero attached hydrogens (tertiary/aromatic N) is 1. The first-order chi connectivity index (χ1) is 21.0. The van der Waals surface area contributed by atoms with E-state index in [1.54, 1.807) is 6.08 Å². The molecule has 0 saturated heterocycles. The predicted molar refractivity (Wildman–Crippen MR) is 171 cm³/mol. The van der Waals surface area contributed by atoms with Crippen molar-refractivity contribution >= 4 is 53.3 Å². The molecular weight excluding hydrogens is 556 g/mol. The van der Waals surface area contributed by atoms with Gasteiger partial charge in [0.15, 0.2) is 5.78 Å². The van der Waals surface area contributed by atoms with Crippen LogP contribution in [0.15, 0.2) is 46.3 Å². The van der Waals surface area contributed by atoms with Gasteiger partial charge in [0.1, 0.15) is 5.92 Å². The average Bonchev–Trinajstić information content (AvgIpc) is 3.72. The second-order valence-electron chi connectivity index (χ2n) is 11.8. The minimum Gasteiger partial charge on any atom is -0.478 e. The Labute approximate surface area is 255 Å². The van der Waals surface area contributed by atoms with E-state index in [-0.39, 0.29) is 17.7 Å². The molecule has 0 spiro atoms. The molecule has 4 atom stereocenters. The summed E-state index contributed by atoms with van der Waals surface area (Å²) in [6.45, 7) is 14.2. The Kier molecular flexibility index (Phi) is 7.07. The Hall–Kier alpha value is -4.92. The number of fused-ring (bicyclic) bond motifs is 7. The van der Waals surface area contributed by atoms with Gasteiger partial charge >= 0.3 is 11.9 Å². The standard InChI is InChI=1S/C35H36N4O5/c1-8-19-15(3)22-12-24-17(5)21(10-11-28(40)41)32(38-24)30-31(35(43)44-7)34(42)29-18(6)25(39-33(29)30)14-27-20(9-2)16(4)23(37-27)13-26(19)36-22/h8,10-14,17,21,27,31,36-37,39H,1,9H2,2-7H3,(H,40,41)/b11-10+,23-13?,24-12-,25-14-/t17-,21-,27?,31?/m0/s1. The quantitative estimate of drug-likeness (QED) is 0.236. The zero-order valence-electron chi connectivity index (χ0n) is 25.7. The molecule has 2 aromatic rings. The summed E-state index contributed by atoms with van der Waals surface area (Å²) in [5, 5.41) is 14.5. The highest BCUT2D eigenvalue weighted by molar-refractivity contribution is 6.35. The number of aliphatic carboxylic acids is 1. The van der Waals surface area contributed by atoms with Crippen molar-refractivity contribution in [1.82, 2.24) is 15.3 Å². The summed E-state index contributed by atoms with van der Waals surface area (Å²) >= 11 is 0. The molecule has 0 aromatic carbocycles. The maximum atomic E-state index is 14.0. The highest BCUT2D eigenvalue weighted by Crippen LogP contribution is 2.40. The zero-order valence-corrected chi connectivity index (χ0v) is 25.7. The van der Waals surface area contributed by atoms with Crippen LogP contribution >= 0.6 is 0 Å². The normalized spacial score (nSPS) is 25.8. The van der Waals surface area contributed by atoms with E-state index >= 15 is 0 Å². The molecule has 0 fully saturated rings. The number of allylic oxidation sites excluding steroid dienone is 3. The lowest BCUT2D eigenvalue weighted by atomic mass is 9.83. The fraction of sp³-hybridized carbons (Fsp3) is 0.314. The smallest absolute Gasteiger partial charge is 0.327 e. The SMILES string of the molecule is C=Cc1c2[nH]c(c1C)/C=C1\N=C(C3=c4[nH]/c(c(C)c4C(=O)C3C(=O)OC)=C\C3NC(=C2)C(C)=C3CC)[C@@H](/C=C/C(=O)O)[C@@H]1C. The summed E-state index contributed by atoms with van der Waals surface area (Å²) in [5.41, 5.74) is 9.91. The summed E-state index contributed by atoms with van der Waals surface area (Å²) in [6.07, 6.45) is 11.5. The Bertz CT molecular complexity index is 1960. The number of ketones is 1. The molecule has 9 nitrogen and oxygen atoms in total. The fourth-order valence-corrected chi connectivity index (χ4v) is 7.09. The van der Waals surface area contributed by atoms with Crippen LogP contribution < -0.4 is 16.0 Å². The number of methoxy groups -OCH3 is 1. The topological polar surface area (TPSA) is 137 Å². The van der Waals surface area contributed by atoms with E-state index < -0.39 is 23.8 Å². The molecule has 0 radical (unpaired) electrons. The van der Waals surface area contributed by atoms with Gasteiger partial charge in [0.05, 0.1) is 24.2 Å². The van der Waals surface area contributed by atoms with Crippen molar-refractivity contribution in [3.63, 3.8) is 0 Å². The third-order valence-electron chi connectivity index (χ3n) is 9.52. The van der Waals surface area contributed by atoms with Crippen LogP contribution in [-0.2, 0) is 14.3 Å². The van der Waals surface area contributed by atoms with Crippen molar-refractivity contribution in [3.8, 4) is 0 Å². The minimum atomic E-state index is -1.21. The number of nitrogens with one attached hydrogen (secondary N) is 3. The number of esters is 1. The number of ether oxygens (including phenoxy) is 1. The molecule has 8 bridgehead atoms. The molecule has 3 aliphatic heterocycles. The maximum Gasteiger partial charge on any atom is 0.327 e. The van der Waals surface area contributed by atoms with Crippen molar-refractivity contribution in [3.05, 3.63) is 85.6 Å². The number of Topliss-reactive ketones (excluding diaryl/α,β-unsaturated/α-hetero) is 1. The first kappa shape index (κ1) is 29.2. The van der Waals surface area contributed by atoms with E-state index in [1.165, 1.54) is 12.7 Å². The molecule has 9 heteroatoms. The number of carbonyl (C=O) groups is 3. The number of aromatic nitrogens is 2. The van der Waals surface area contributed by atoms with Crippen LogP contribution in [0.3, 0.4) is 0 Å². The van der Waals surface area contributed by atoms with Gasteiger partial charge in [-0.3, -0.25) is 14.6 Å². The third-order valence-corrected chi connectivity index (χ3v) is 9.52. The van der Waals surface area contributed by atoms with E-state index in [9.17, 15) is 19.5 Å². The zero-order chi connectivity index (χ0) is 31.6. The fourth-order valence-electron chi connectivity index (χ4n) is 7.09. The molecule has 1 aliphatic carbocycles. The van der Waals surface area contributed by atoms with E-state index in [0.717, 1.165) is 57.2 Å². The number of aliphatic imine (C=N–C) groups is 1. The van der Waals surface area contributed by atoms with Crippen molar-refractivity contribution in [2.45, 2.75) is 47.1 Å². The lowest BCUT2D eigenvalue weighted by Crippen LogP contribution is -2.31. The van der Waals surface area contributed by atoms with Crippen molar-refractivity contribution in [2.24, 2.45) is 22.7 Å². The Morgan fingerprint density at radius 3 is 2.55 bits per heavy atom. The number of hydrogen-bond acceptors (Lipinski definition) is 6. The van der Waals surface area contributed by atoms with Gasteiger partial charge in [0.25, 0.3) is 0 Å². The Balaban J connectivity index is 1.73. The molecule has 0 saturated carbocycles. The summed E-state index contributed by atoms with van der Waals surface area (Å²) in [6, 6.07) is -0.115. The van der Waals surface area contributed by atoms with Crippen LogP contribution in [0.2, 0.25) is 0 Å². The lowest BCUT2D eigenvalue weighted by Gasteiger charge is -2.18. The number of carbonyl (C=O) groups excluding carboxylic acids is 2. The highest BCUT2D eigenvalue weighted by atomic mass is 16.5. The van der Waals surface area contributed by atoms with Gasteiger partial charge < -0.3 is 25.1 Å². The average molecular weight is 593 g/mol. The third kappa shape index (κ3) is 4.29. The molecule has 4 aliphatic rings. The monoisotopic (exact) mass is 592 g/mol. The van der Waals surface area contributed by atoms with Crippen LogP contribution in [0, 0.1) is 31.6 Å². The van der Waals surface area contributed by atoms with Crippen molar-refractivity contribution in [2.75, 3.05) is 7.11 Å². The maximum absolute atomic E-state index is 14.0. The van der Waals surface area contributed by atoms with Gasteiger partial charge in [-0.05, 0) is 67.7 Å². The van der Waals surface area contributed by atoms with Crippen LogP contribution in [0.1, 0.15) is 65.6 Å². The Morgan fingerprint density at radius 2 is 1.89 bits per heavy atom. The summed E-state index contributed by atoms with van der Waals surface area (Å²) in [4.78, 5) is 50.9. The molecule has 226 valence electrons. The van der Waals surface area contributed by atoms with Crippen LogP contribution in [0.25, 0.3) is 29.9 Å². The van der Waals surface area contributed by atoms with Crippen LogP contribution in [0.4, 0.5) is 0 Å². The molecule has 2 aromatic heterocycles. The molecule has 0 amide bonds. The van der Waals surface area contributed by atoms with Gasteiger partial charge in [-0.25, -0.2) is 4.79 Å². The van der Waals surface area contributed by atoms with Crippen molar-refractivity contribution < 1.29 is 24.2 Å². The van der Waals surface area contributed by atoms with Gasteiger partial charge in [-0.15, -0.1) is 0 Å². The van der Waals surface area contributed by atoms with E-state index in [1.807, 2.05) is 32.9 Å². The van der Waals surface area contributed by atoms with Gasteiger partial charge in [-0.1, -0.05) is 32.6 Å². The first-order valence-corrected chi connectivity index (χ1v) is 14.8. The molecule has 6 rings (SSSR count). The number of aromatic amines is 2. The molecular formula is C35H36N4O5. The molecule has 5 heterocycles. The Morgan fingerprint density at radius 1 is 1.14 bits per heavy atom. The number of H-pyrrole nitrogens is 2.